The third-order valence-electron chi connectivity index (χ3n) is 3.44. The summed E-state index contributed by atoms with van der Waals surface area (Å²) in [6.07, 6.45) is 0.916. The lowest BCUT2D eigenvalue weighted by Gasteiger charge is -2.19. The van der Waals surface area contributed by atoms with E-state index in [1.165, 1.54) is 5.56 Å². The molecule has 3 heteroatoms. The van der Waals surface area contributed by atoms with E-state index < -0.39 is 0 Å². The molecule has 0 aromatic heterocycles. The molecule has 1 heterocycles. The molecular formula is C16H14BrNO. The molecule has 1 amide bonds. The van der Waals surface area contributed by atoms with E-state index in [4.69, 9.17) is 0 Å². The molecule has 1 aliphatic rings. The fraction of sp³-hybridized carbons (Fsp3) is 0.188. The minimum absolute atomic E-state index is 0.0378. The summed E-state index contributed by atoms with van der Waals surface area (Å²) in [5, 5.41) is 2.89. The Kier molecular flexibility index (Phi) is 3.38. The number of rotatable bonds is 2. The lowest BCUT2D eigenvalue weighted by Crippen LogP contribution is -2.31. The second kappa shape index (κ2) is 5.17. The van der Waals surface area contributed by atoms with Gasteiger partial charge in [-0.05, 0) is 29.2 Å². The normalized spacial score (nSPS) is 15.5. The number of halogens is 1. The van der Waals surface area contributed by atoms with E-state index in [1.54, 1.807) is 0 Å². The quantitative estimate of drug-likeness (QED) is 0.845. The smallest absolute Gasteiger partial charge is 0.251 e. The van der Waals surface area contributed by atoms with Crippen LogP contribution in [-0.2, 0) is 6.42 Å². The first-order valence-corrected chi connectivity index (χ1v) is 7.27. The Labute approximate surface area is 121 Å². The van der Waals surface area contributed by atoms with Crippen LogP contribution in [0, 0.1) is 0 Å². The predicted molar refractivity (Wildman–Crippen MR) is 79.7 cm³/mol. The summed E-state index contributed by atoms with van der Waals surface area (Å²) in [6.45, 7) is 0.738. The molecule has 0 saturated heterocycles. The molecule has 2 aromatic carbocycles. The number of carbonyl (C=O) groups excluding carboxylic acids is 1. The van der Waals surface area contributed by atoms with Crippen molar-refractivity contribution in [1.82, 2.24) is 5.32 Å². The Balaban J connectivity index is 1.98. The first-order valence-electron chi connectivity index (χ1n) is 6.36. The zero-order valence-corrected chi connectivity index (χ0v) is 12.0. The number of hydrogen-bond donors (Lipinski definition) is 1. The molecule has 0 saturated carbocycles. The van der Waals surface area contributed by atoms with Crippen molar-refractivity contribution in [2.75, 3.05) is 6.54 Å². The molecule has 0 aliphatic carbocycles. The Morgan fingerprint density at radius 3 is 2.63 bits per heavy atom. The summed E-state index contributed by atoms with van der Waals surface area (Å²) >= 11 is 3.71. The zero-order valence-electron chi connectivity index (χ0n) is 10.4. The SMILES string of the molecule is O=C1NCCc2ccc(C(Br)c3ccccc3)cc21. The van der Waals surface area contributed by atoms with Crippen LogP contribution in [-0.4, -0.2) is 12.5 Å². The van der Waals surface area contributed by atoms with Gasteiger partial charge in [0, 0.05) is 12.1 Å². The molecule has 19 heavy (non-hydrogen) atoms. The second-order valence-corrected chi connectivity index (χ2v) is 5.61. The van der Waals surface area contributed by atoms with Crippen LogP contribution in [0.15, 0.2) is 48.5 Å². The van der Waals surface area contributed by atoms with Crippen molar-refractivity contribution < 1.29 is 4.79 Å². The monoisotopic (exact) mass is 315 g/mol. The van der Waals surface area contributed by atoms with Crippen molar-refractivity contribution in [3.05, 3.63) is 70.8 Å². The van der Waals surface area contributed by atoms with Gasteiger partial charge in [-0.25, -0.2) is 0 Å². The summed E-state index contributed by atoms with van der Waals surface area (Å²) in [6, 6.07) is 16.4. The summed E-state index contributed by atoms with van der Waals surface area (Å²) < 4.78 is 0. The molecule has 0 radical (unpaired) electrons. The lowest BCUT2D eigenvalue weighted by atomic mass is 9.95. The standard InChI is InChI=1S/C16H14BrNO/c17-15(12-4-2-1-3-5-12)13-7-6-11-8-9-18-16(19)14(11)10-13/h1-7,10,15H,8-9H2,(H,18,19). The highest BCUT2D eigenvalue weighted by molar-refractivity contribution is 9.09. The molecule has 96 valence electrons. The Bertz CT molecular complexity index is 609. The number of hydrogen-bond acceptors (Lipinski definition) is 1. The van der Waals surface area contributed by atoms with Gasteiger partial charge in [-0.15, -0.1) is 0 Å². The van der Waals surface area contributed by atoms with Crippen LogP contribution in [0.25, 0.3) is 0 Å². The third kappa shape index (κ3) is 2.43. The van der Waals surface area contributed by atoms with Gasteiger partial charge in [-0.1, -0.05) is 58.4 Å². The van der Waals surface area contributed by atoms with Crippen LogP contribution in [0.5, 0.6) is 0 Å². The average Bonchev–Trinajstić information content (AvgIpc) is 2.47. The van der Waals surface area contributed by atoms with E-state index in [-0.39, 0.29) is 10.7 Å². The average molecular weight is 316 g/mol. The van der Waals surface area contributed by atoms with Crippen LogP contribution in [0.1, 0.15) is 31.9 Å². The van der Waals surface area contributed by atoms with Gasteiger partial charge >= 0.3 is 0 Å². The van der Waals surface area contributed by atoms with E-state index in [0.717, 1.165) is 29.7 Å². The molecule has 3 rings (SSSR count). The largest absolute Gasteiger partial charge is 0.352 e. The minimum atomic E-state index is 0.0378. The fourth-order valence-corrected chi connectivity index (χ4v) is 2.99. The van der Waals surface area contributed by atoms with Crippen LogP contribution < -0.4 is 5.32 Å². The Hall–Kier alpha value is -1.61. The summed E-state index contributed by atoms with van der Waals surface area (Å²) in [5.74, 6) is 0.0378. The first kappa shape index (κ1) is 12.4. The molecule has 0 fully saturated rings. The van der Waals surface area contributed by atoms with Crippen LogP contribution >= 0.6 is 15.9 Å². The van der Waals surface area contributed by atoms with E-state index in [0.29, 0.717) is 0 Å². The van der Waals surface area contributed by atoms with Crippen molar-refractivity contribution >= 4 is 21.8 Å². The molecular weight excluding hydrogens is 302 g/mol. The fourth-order valence-electron chi connectivity index (χ4n) is 2.40. The molecule has 0 spiro atoms. The molecule has 1 aliphatic heterocycles. The topological polar surface area (TPSA) is 29.1 Å². The van der Waals surface area contributed by atoms with Crippen molar-refractivity contribution in [1.29, 1.82) is 0 Å². The summed E-state index contributed by atoms with van der Waals surface area (Å²) in [4.78, 5) is 12.0. The van der Waals surface area contributed by atoms with E-state index in [2.05, 4.69) is 45.5 Å². The van der Waals surface area contributed by atoms with Gasteiger partial charge in [0.2, 0.25) is 0 Å². The highest BCUT2D eigenvalue weighted by atomic mass is 79.9. The maximum atomic E-state index is 11.9. The van der Waals surface area contributed by atoms with Gasteiger partial charge in [0.15, 0.2) is 0 Å². The van der Waals surface area contributed by atoms with Gasteiger partial charge in [-0.3, -0.25) is 4.79 Å². The molecule has 2 aromatic rings. The predicted octanol–water partition coefficient (Wildman–Crippen LogP) is 3.46. The van der Waals surface area contributed by atoms with Gasteiger partial charge in [0.25, 0.3) is 5.91 Å². The number of fused-ring (bicyclic) bond motifs is 1. The van der Waals surface area contributed by atoms with Crippen molar-refractivity contribution in [2.45, 2.75) is 11.2 Å². The minimum Gasteiger partial charge on any atom is -0.352 e. The van der Waals surface area contributed by atoms with Crippen molar-refractivity contribution in [2.24, 2.45) is 0 Å². The number of benzene rings is 2. The number of nitrogens with one attached hydrogen (secondary N) is 1. The molecule has 2 nitrogen and oxygen atoms in total. The van der Waals surface area contributed by atoms with Crippen molar-refractivity contribution in [3.8, 4) is 0 Å². The Morgan fingerprint density at radius 2 is 1.84 bits per heavy atom. The number of amides is 1. The molecule has 1 N–H and O–H groups in total. The van der Waals surface area contributed by atoms with E-state index in [1.807, 2.05) is 24.3 Å². The molecule has 1 unspecified atom stereocenters. The van der Waals surface area contributed by atoms with E-state index in [9.17, 15) is 4.79 Å². The third-order valence-corrected chi connectivity index (χ3v) is 4.50. The maximum absolute atomic E-state index is 11.9. The summed E-state index contributed by atoms with van der Waals surface area (Å²) in [7, 11) is 0. The van der Waals surface area contributed by atoms with Gasteiger partial charge in [0.1, 0.15) is 0 Å². The zero-order chi connectivity index (χ0) is 13.2. The highest BCUT2D eigenvalue weighted by Crippen LogP contribution is 2.32. The number of alkyl halides is 1. The van der Waals surface area contributed by atoms with Gasteiger partial charge in [-0.2, -0.15) is 0 Å². The second-order valence-electron chi connectivity index (χ2n) is 4.70. The highest BCUT2D eigenvalue weighted by Gasteiger charge is 2.19. The summed E-state index contributed by atoms with van der Waals surface area (Å²) in [5.41, 5.74) is 4.25. The maximum Gasteiger partial charge on any atom is 0.251 e. The van der Waals surface area contributed by atoms with Crippen LogP contribution in [0.2, 0.25) is 0 Å². The number of carbonyl (C=O) groups is 1. The van der Waals surface area contributed by atoms with Crippen molar-refractivity contribution in [3.63, 3.8) is 0 Å². The van der Waals surface area contributed by atoms with Crippen LogP contribution in [0.4, 0.5) is 0 Å². The lowest BCUT2D eigenvalue weighted by molar-refractivity contribution is 0.0946. The van der Waals surface area contributed by atoms with Gasteiger partial charge in [0.05, 0.1) is 4.83 Å². The molecule has 1 atom stereocenters. The van der Waals surface area contributed by atoms with Crippen LogP contribution in [0.3, 0.4) is 0 Å². The van der Waals surface area contributed by atoms with Gasteiger partial charge < -0.3 is 5.32 Å². The Morgan fingerprint density at radius 1 is 1.05 bits per heavy atom. The van der Waals surface area contributed by atoms with E-state index >= 15 is 0 Å². The molecule has 0 bridgehead atoms. The first-order chi connectivity index (χ1) is 9.25.